The lowest BCUT2D eigenvalue weighted by Gasteiger charge is -2.44. The number of hydrogen-bond acceptors (Lipinski definition) is 3. The highest BCUT2D eigenvalue weighted by atomic mass is 16.2. The molecule has 0 saturated heterocycles. The summed E-state index contributed by atoms with van der Waals surface area (Å²) in [4.78, 5) is 14.5. The van der Waals surface area contributed by atoms with E-state index in [1.807, 2.05) is 0 Å². The number of nitrogens with two attached hydrogens (primary N) is 1. The molecular weight excluding hydrogens is 226 g/mol. The molecule has 4 heteroatoms. The minimum Gasteiger partial charge on any atom is -0.356 e. The van der Waals surface area contributed by atoms with Crippen LogP contribution >= 0.6 is 0 Å². The lowest BCUT2D eigenvalue weighted by Crippen LogP contribution is -2.53. The lowest BCUT2D eigenvalue weighted by atomic mass is 9.62. The summed E-state index contributed by atoms with van der Waals surface area (Å²) < 4.78 is 0. The van der Waals surface area contributed by atoms with Gasteiger partial charge < -0.3 is 16.0 Å². The van der Waals surface area contributed by atoms with Crippen molar-refractivity contribution in [2.75, 3.05) is 32.7 Å². The summed E-state index contributed by atoms with van der Waals surface area (Å²) in [6.45, 7) is 11.0. The standard InChI is InChI=1S/C14H29N3O/c1-4-17(5-2)8-6-7-16-13(18)14(11-15)9-12(3)10-14/h12H,4-11,15H2,1-3H3,(H,16,18). The van der Waals surface area contributed by atoms with Gasteiger partial charge in [-0.25, -0.2) is 0 Å². The van der Waals surface area contributed by atoms with Crippen LogP contribution in [0.3, 0.4) is 0 Å². The summed E-state index contributed by atoms with van der Waals surface area (Å²) in [6, 6.07) is 0. The average molecular weight is 255 g/mol. The Morgan fingerprint density at radius 3 is 2.44 bits per heavy atom. The van der Waals surface area contributed by atoms with Gasteiger partial charge in [0.05, 0.1) is 5.41 Å². The molecule has 0 bridgehead atoms. The van der Waals surface area contributed by atoms with Crippen molar-refractivity contribution in [2.45, 2.75) is 40.0 Å². The third-order valence-corrected chi connectivity index (χ3v) is 4.18. The number of rotatable bonds is 8. The highest BCUT2D eigenvalue weighted by Gasteiger charge is 2.46. The molecule has 0 heterocycles. The van der Waals surface area contributed by atoms with Crippen LogP contribution < -0.4 is 11.1 Å². The fraction of sp³-hybridized carbons (Fsp3) is 0.929. The van der Waals surface area contributed by atoms with E-state index in [9.17, 15) is 4.79 Å². The highest BCUT2D eigenvalue weighted by molar-refractivity contribution is 5.83. The van der Waals surface area contributed by atoms with Gasteiger partial charge in [0.1, 0.15) is 0 Å². The Hall–Kier alpha value is -0.610. The Bertz CT molecular complexity index is 258. The molecule has 0 spiro atoms. The number of nitrogens with one attached hydrogen (secondary N) is 1. The van der Waals surface area contributed by atoms with E-state index in [2.05, 4.69) is 31.0 Å². The Balaban J connectivity index is 2.21. The van der Waals surface area contributed by atoms with Crippen LogP contribution in [0.25, 0.3) is 0 Å². The van der Waals surface area contributed by atoms with Gasteiger partial charge in [0, 0.05) is 13.1 Å². The van der Waals surface area contributed by atoms with Gasteiger partial charge in [0.2, 0.25) is 5.91 Å². The minimum atomic E-state index is -0.255. The molecule has 1 amide bonds. The average Bonchev–Trinajstić information content (AvgIpc) is 2.34. The van der Waals surface area contributed by atoms with E-state index in [1.54, 1.807) is 0 Å². The first kappa shape index (κ1) is 15.4. The topological polar surface area (TPSA) is 58.4 Å². The van der Waals surface area contributed by atoms with E-state index in [4.69, 9.17) is 5.73 Å². The van der Waals surface area contributed by atoms with Crippen LogP contribution in [0, 0.1) is 11.3 Å². The predicted molar refractivity (Wildman–Crippen MR) is 75.3 cm³/mol. The SMILES string of the molecule is CCN(CC)CCCNC(=O)C1(CN)CC(C)C1. The van der Waals surface area contributed by atoms with Gasteiger partial charge in [0.25, 0.3) is 0 Å². The maximum absolute atomic E-state index is 12.1. The van der Waals surface area contributed by atoms with E-state index in [0.29, 0.717) is 12.5 Å². The van der Waals surface area contributed by atoms with Crippen LogP contribution in [-0.4, -0.2) is 43.5 Å². The summed E-state index contributed by atoms with van der Waals surface area (Å²) in [7, 11) is 0. The molecule has 1 fully saturated rings. The summed E-state index contributed by atoms with van der Waals surface area (Å²) in [5.74, 6) is 0.817. The normalized spacial score (nSPS) is 27.1. The molecule has 0 unspecified atom stereocenters. The molecule has 106 valence electrons. The first-order chi connectivity index (χ1) is 8.57. The summed E-state index contributed by atoms with van der Waals surface area (Å²) in [5.41, 5.74) is 5.50. The number of amides is 1. The molecule has 1 saturated carbocycles. The molecule has 0 radical (unpaired) electrons. The maximum Gasteiger partial charge on any atom is 0.227 e. The number of hydrogen-bond donors (Lipinski definition) is 2. The van der Waals surface area contributed by atoms with Gasteiger partial charge in [-0.2, -0.15) is 0 Å². The van der Waals surface area contributed by atoms with E-state index in [0.717, 1.165) is 45.4 Å². The van der Waals surface area contributed by atoms with Gasteiger partial charge in [-0.3, -0.25) is 4.79 Å². The van der Waals surface area contributed by atoms with E-state index < -0.39 is 0 Å². The largest absolute Gasteiger partial charge is 0.356 e. The van der Waals surface area contributed by atoms with Crippen LogP contribution in [0.2, 0.25) is 0 Å². The molecule has 4 nitrogen and oxygen atoms in total. The Morgan fingerprint density at radius 1 is 1.39 bits per heavy atom. The monoisotopic (exact) mass is 255 g/mol. The van der Waals surface area contributed by atoms with Crippen molar-refractivity contribution in [3.63, 3.8) is 0 Å². The van der Waals surface area contributed by atoms with Gasteiger partial charge in [-0.1, -0.05) is 20.8 Å². The fourth-order valence-electron chi connectivity index (χ4n) is 2.95. The van der Waals surface area contributed by atoms with Crippen LogP contribution in [0.1, 0.15) is 40.0 Å². The van der Waals surface area contributed by atoms with Gasteiger partial charge in [-0.05, 0) is 44.8 Å². The first-order valence-electron chi connectivity index (χ1n) is 7.28. The van der Waals surface area contributed by atoms with Crippen molar-refractivity contribution in [1.82, 2.24) is 10.2 Å². The zero-order valence-electron chi connectivity index (χ0n) is 12.2. The third kappa shape index (κ3) is 3.69. The second-order valence-electron chi connectivity index (χ2n) is 5.63. The number of carbonyl (C=O) groups is 1. The van der Waals surface area contributed by atoms with Gasteiger partial charge in [-0.15, -0.1) is 0 Å². The number of carbonyl (C=O) groups excluding carboxylic acids is 1. The smallest absolute Gasteiger partial charge is 0.227 e. The van der Waals surface area contributed by atoms with Crippen LogP contribution in [0.4, 0.5) is 0 Å². The predicted octanol–water partition coefficient (Wildman–Crippen LogP) is 1.21. The van der Waals surface area contributed by atoms with Crippen molar-refractivity contribution in [3.8, 4) is 0 Å². The molecule has 3 N–H and O–H groups in total. The first-order valence-corrected chi connectivity index (χ1v) is 7.28. The van der Waals surface area contributed by atoms with Gasteiger partial charge >= 0.3 is 0 Å². The van der Waals surface area contributed by atoms with Crippen molar-refractivity contribution in [2.24, 2.45) is 17.1 Å². The van der Waals surface area contributed by atoms with Crippen molar-refractivity contribution in [3.05, 3.63) is 0 Å². The van der Waals surface area contributed by atoms with E-state index in [-0.39, 0.29) is 11.3 Å². The van der Waals surface area contributed by atoms with Crippen LogP contribution in [0.15, 0.2) is 0 Å². The molecule has 0 atom stereocenters. The summed E-state index contributed by atoms with van der Waals surface area (Å²) >= 11 is 0. The molecule has 1 rings (SSSR count). The summed E-state index contributed by atoms with van der Waals surface area (Å²) in [5, 5.41) is 3.05. The Morgan fingerprint density at radius 2 is 2.00 bits per heavy atom. The molecule has 0 aromatic heterocycles. The van der Waals surface area contributed by atoms with Crippen molar-refractivity contribution >= 4 is 5.91 Å². The fourth-order valence-corrected chi connectivity index (χ4v) is 2.95. The molecule has 0 aromatic rings. The molecule has 1 aliphatic rings. The molecule has 18 heavy (non-hydrogen) atoms. The van der Waals surface area contributed by atoms with Crippen LogP contribution in [-0.2, 0) is 4.79 Å². The zero-order chi connectivity index (χ0) is 13.6. The second-order valence-corrected chi connectivity index (χ2v) is 5.63. The highest BCUT2D eigenvalue weighted by Crippen LogP contribution is 2.44. The van der Waals surface area contributed by atoms with Gasteiger partial charge in [0.15, 0.2) is 0 Å². The lowest BCUT2D eigenvalue weighted by molar-refractivity contribution is -0.138. The van der Waals surface area contributed by atoms with Crippen molar-refractivity contribution in [1.29, 1.82) is 0 Å². The Labute approximate surface area is 111 Å². The second kappa shape index (κ2) is 7.10. The maximum atomic E-state index is 12.1. The molecule has 0 aromatic carbocycles. The molecular formula is C14H29N3O. The summed E-state index contributed by atoms with van der Waals surface area (Å²) in [6.07, 6.45) is 2.92. The zero-order valence-corrected chi connectivity index (χ0v) is 12.2. The number of nitrogens with zero attached hydrogens (tertiary/aromatic N) is 1. The molecule has 0 aliphatic heterocycles. The minimum absolute atomic E-state index is 0.169. The quantitative estimate of drug-likeness (QED) is 0.641. The third-order valence-electron chi connectivity index (χ3n) is 4.18. The van der Waals surface area contributed by atoms with Crippen molar-refractivity contribution < 1.29 is 4.79 Å². The van der Waals surface area contributed by atoms with E-state index in [1.165, 1.54) is 0 Å². The van der Waals surface area contributed by atoms with Crippen LogP contribution in [0.5, 0.6) is 0 Å². The molecule has 1 aliphatic carbocycles. The van der Waals surface area contributed by atoms with E-state index >= 15 is 0 Å². The Kier molecular flexibility index (Phi) is 6.09.